The number of rotatable bonds is 10. The first-order valence-electron chi connectivity index (χ1n) is 9.01. The number of aryl methyl sites for hydroxylation is 1. The molecule has 26 heavy (non-hydrogen) atoms. The summed E-state index contributed by atoms with van der Waals surface area (Å²) in [6, 6.07) is 16.3. The highest BCUT2D eigenvalue weighted by Crippen LogP contribution is 2.27. The van der Waals surface area contributed by atoms with Crippen LogP contribution in [-0.4, -0.2) is 26.7 Å². The third kappa shape index (κ3) is 6.67. The third-order valence-electron chi connectivity index (χ3n) is 4.17. The van der Waals surface area contributed by atoms with Gasteiger partial charge in [0.1, 0.15) is 0 Å². The minimum absolute atomic E-state index is 0.475. The van der Waals surface area contributed by atoms with Crippen LogP contribution in [0.2, 0.25) is 0 Å². The van der Waals surface area contributed by atoms with Gasteiger partial charge in [0.25, 0.3) is 0 Å². The molecular formula is C21H29N3O2. The van der Waals surface area contributed by atoms with E-state index in [1.54, 1.807) is 14.2 Å². The number of benzene rings is 2. The molecule has 5 nitrogen and oxygen atoms in total. The van der Waals surface area contributed by atoms with E-state index < -0.39 is 0 Å². The van der Waals surface area contributed by atoms with Crippen molar-refractivity contribution in [1.82, 2.24) is 5.32 Å². The van der Waals surface area contributed by atoms with Crippen LogP contribution in [0.4, 0.5) is 0 Å². The van der Waals surface area contributed by atoms with Gasteiger partial charge in [0.05, 0.1) is 20.8 Å². The Kier molecular flexibility index (Phi) is 8.33. The number of hydrogen-bond acceptors (Lipinski definition) is 3. The summed E-state index contributed by atoms with van der Waals surface area (Å²) in [5, 5.41) is 3.17. The number of aliphatic imine (C=N–C) groups is 1. The van der Waals surface area contributed by atoms with Crippen molar-refractivity contribution in [3.63, 3.8) is 0 Å². The van der Waals surface area contributed by atoms with Crippen molar-refractivity contribution in [2.45, 2.75) is 32.2 Å². The highest BCUT2D eigenvalue weighted by Gasteiger charge is 2.04. The van der Waals surface area contributed by atoms with Crippen molar-refractivity contribution in [2.24, 2.45) is 10.7 Å². The molecule has 3 N–H and O–H groups in total. The molecule has 0 unspecified atom stereocenters. The van der Waals surface area contributed by atoms with Gasteiger partial charge >= 0.3 is 0 Å². The molecule has 0 bridgehead atoms. The van der Waals surface area contributed by atoms with Crippen LogP contribution < -0.4 is 20.5 Å². The fraction of sp³-hybridized carbons (Fsp3) is 0.381. The molecule has 0 aliphatic carbocycles. The number of guanidine groups is 1. The molecule has 0 fully saturated rings. The highest BCUT2D eigenvalue weighted by atomic mass is 16.5. The number of unbranched alkanes of at least 4 members (excludes halogenated alkanes) is 2. The summed E-state index contributed by atoms with van der Waals surface area (Å²) >= 11 is 0. The quantitative estimate of drug-likeness (QED) is 0.389. The normalized spacial score (nSPS) is 11.2. The van der Waals surface area contributed by atoms with Crippen LogP contribution in [0.3, 0.4) is 0 Å². The van der Waals surface area contributed by atoms with Crippen LogP contribution in [0.5, 0.6) is 11.5 Å². The molecule has 0 amide bonds. The Morgan fingerprint density at radius 1 is 0.923 bits per heavy atom. The molecular weight excluding hydrogens is 326 g/mol. The fourth-order valence-corrected chi connectivity index (χ4v) is 2.70. The predicted molar refractivity (Wildman–Crippen MR) is 107 cm³/mol. The summed E-state index contributed by atoms with van der Waals surface area (Å²) in [6.07, 6.45) is 4.57. The molecule has 0 aromatic heterocycles. The van der Waals surface area contributed by atoms with Gasteiger partial charge in [0, 0.05) is 6.54 Å². The maximum absolute atomic E-state index is 5.94. The van der Waals surface area contributed by atoms with Crippen molar-refractivity contribution < 1.29 is 9.47 Å². The summed E-state index contributed by atoms with van der Waals surface area (Å²) in [6.45, 7) is 1.35. The molecule has 0 aliphatic heterocycles. The zero-order chi connectivity index (χ0) is 18.6. The molecule has 140 valence electrons. The average molecular weight is 355 g/mol. The summed E-state index contributed by atoms with van der Waals surface area (Å²) in [5.41, 5.74) is 8.36. The first kappa shape index (κ1) is 19.6. The standard InChI is InChI=1S/C21H29N3O2/c1-25-19-13-12-18(15-20(19)26-2)16-24-21(22)23-14-8-4-7-11-17-9-5-3-6-10-17/h3,5-6,9-10,12-13,15H,4,7-8,11,14,16H2,1-2H3,(H3,22,23,24). The Balaban J connectivity index is 1.65. The Hall–Kier alpha value is -2.69. The maximum Gasteiger partial charge on any atom is 0.188 e. The lowest BCUT2D eigenvalue weighted by Crippen LogP contribution is -2.32. The zero-order valence-electron chi connectivity index (χ0n) is 15.7. The van der Waals surface area contributed by atoms with Crippen LogP contribution in [0.1, 0.15) is 30.4 Å². The number of hydrogen-bond donors (Lipinski definition) is 2. The number of nitrogens with two attached hydrogens (primary N) is 1. The zero-order valence-corrected chi connectivity index (χ0v) is 15.7. The second kappa shape index (κ2) is 11.0. The van der Waals surface area contributed by atoms with Crippen molar-refractivity contribution >= 4 is 5.96 Å². The van der Waals surface area contributed by atoms with E-state index in [0.717, 1.165) is 24.9 Å². The maximum atomic E-state index is 5.94. The molecule has 0 radical (unpaired) electrons. The van der Waals surface area contributed by atoms with E-state index in [0.29, 0.717) is 24.0 Å². The first-order chi connectivity index (χ1) is 12.7. The third-order valence-corrected chi connectivity index (χ3v) is 4.17. The van der Waals surface area contributed by atoms with Crippen molar-refractivity contribution in [3.8, 4) is 11.5 Å². The average Bonchev–Trinajstić information content (AvgIpc) is 2.69. The molecule has 0 spiro atoms. The predicted octanol–water partition coefficient (Wildman–Crippen LogP) is 3.52. The van der Waals surface area contributed by atoms with Crippen LogP contribution in [-0.2, 0) is 13.0 Å². The van der Waals surface area contributed by atoms with Crippen molar-refractivity contribution in [2.75, 3.05) is 20.8 Å². The molecule has 0 heterocycles. The second-order valence-electron chi connectivity index (χ2n) is 6.11. The fourth-order valence-electron chi connectivity index (χ4n) is 2.70. The molecule has 0 saturated heterocycles. The van der Waals surface area contributed by atoms with E-state index in [4.69, 9.17) is 15.2 Å². The van der Waals surface area contributed by atoms with E-state index in [1.165, 1.54) is 18.4 Å². The monoisotopic (exact) mass is 355 g/mol. The molecule has 0 atom stereocenters. The van der Waals surface area contributed by atoms with Crippen molar-refractivity contribution in [1.29, 1.82) is 0 Å². The number of nitrogens with zero attached hydrogens (tertiary/aromatic N) is 1. The molecule has 0 aliphatic rings. The number of ether oxygens (including phenoxy) is 2. The van der Waals surface area contributed by atoms with E-state index in [-0.39, 0.29) is 0 Å². The molecule has 2 rings (SSSR count). The molecule has 0 saturated carbocycles. The summed E-state index contributed by atoms with van der Waals surface area (Å²) in [7, 11) is 3.25. The Morgan fingerprint density at radius 3 is 2.42 bits per heavy atom. The summed E-state index contributed by atoms with van der Waals surface area (Å²) in [4.78, 5) is 4.38. The Morgan fingerprint density at radius 2 is 1.69 bits per heavy atom. The lowest BCUT2D eigenvalue weighted by atomic mass is 10.1. The van der Waals surface area contributed by atoms with Gasteiger partial charge in [-0.2, -0.15) is 0 Å². The Bertz CT molecular complexity index is 687. The van der Waals surface area contributed by atoms with Gasteiger partial charge in [-0.25, -0.2) is 4.99 Å². The Labute approximate surface area is 156 Å². The largest absolute Gasteiger partial charge is 0.493 e. The van der Waals surface area contributed by atoms with E-state index >= 15 is 0 Å². The van der Waals surface area contributed by atoms with Gasteiger partial charge < -0.3 is 20.5 Å². The number of methoxy groups -OCH3 is 2. The van der Waals surface area contributed by atoms with Gasteiger partial charge in [-0.05, 0) is 42.5 Å². The SMILES string of the molecule is COc1ccc(CN=C(N)NCCCCCc2ccccc2)cc1OC. The smallest absolute Gasteiger partial charge is 0.188 e. The van der Waals surface area contributed by atoms with E-state index in [1.807, 2.05) is 18.2 Å². The number of nitrogens with one attached hydrogen (secondary N) is 1. The van der Waals surface area contributed by atoms with Crippen LogP contribution in [0, 0.1) is 0 Å². The van der Waals surface area contributed by atoms with Gasteiger partial charge in [-0.1, -0.05) is 42.8 Å². The van der Waals surface area contributed by atoms with Gasteiger partial charge in [-0.3, -0.25) is 0 Å². The minimum atomic E-state index is 0.475. The second-order valence-corrected chi connectivity index (χ2v) is 6.11. The lowest BCUT2D eigenvalue weighted by molar-refractivity contribution is 0.354. The van der Waals surface area contributed by atoms with E-state index in [2.05, 4.69) is 40.6 Å². The van der Waals surface area contributed by atoms with Crippen LogP contribution in [0.25, 0.3) is 0 Å². The molecule has 5 heteroatoms. The van der Waals surface area contributed by atoms with Gasteiger partial charge in [0.2, 0.25) is 0 Å². The van der Waals surface area contributed by atoms with E-state index in [9.17, 15) is 0 Å². The molecule has 2 aromatic carbocycles. The van der Waals surface area contributed by atoms with Crippen LogP contribution in [0.15, 0.2) is 53.5 Å². The first-order valence-corrected chi connectivity index (χ1v) is 9.01. The minimum Gasteiger partial charge on any atom is -0.493 e. The topological polar surface area (TPSA) is 68.9 Å². The van der Waals surface area contributed by atoms with Gasteiger partial charge in [0.15, 0.2) is 17.5 Å². The highest BCUT2D eigenvalue weighted by molar-refractivity contribution is 5.77. The lowest BCUT2D eigenvalue weighted by Gasteiger charge is -2.09. The molecule has 2 aromatic rings. The van der Waals surface area contributed by atoms with Gasteiger partial charge in [-0.15, -0.1) is 0 Å². The van der Waals surface area contributed by atoms with Crippen LogP contribution >= 0.6 is 0 Å². The summed E-state index contributed by atoms with van der Waals surface area (Å²) < 4.78 is 10.5. The van der Waals surface area contributed by atoms with Crippen molar-refractivity contribution in [3.05, 3.63) is 59.7 Å². The summed E-state index contributed by atoms with van der Waals surface area (Å²) in [5.74, 6) is 1.88.